The number of hydrogen-bond donors (Lipinski definition) is 1. The summed E-state index contributed by atoms with van der Waals surface area (Å²) in [6.07, 6.45) is 6.99. The van der Waals surface area contributed by atoms with Crippen molar-refractivity contribution in [2.45, 2.75) is 38.1 Å². The highest BCUT2D eigenvalue weighted by Crippen LogP contribution is 2.34. The van der Waals surface area contributed by atoms with Crippen LogP contribution in [-0.2, 0) is 11.2 Å². The molecule has 1 saturated carbocycles. The molecule has 1 aromatic rings. The standard InChI is InChI=1S/C14H19NO/c16-11-15-14-10-13(14)9-5-4-8-12-6-2-1-3-7-12/h1-3,6-7,11,13-14H,4-5,8-10H2,(H,15,16). The first-order valence-corrected chi connectivity index (χ1v) is 6.14. The first kappa shape index (κ1) is 11.2. The van der Waals surface area contributed by atoms with Crippen LogP contribution in [0.4, 0.5) is 0 Å². The van der Waals surface area contributed by atoms with Gasteiger partial charge in [0.1, 0.15) is 0 Å². The molecule has 2 nitrogen and oxygen atoms in total. The molecule has 1 N–H and O–H groups in total. The number of hydrogen-bond acceptors (Lipinski definition) is 1. The number of carbonyl (C=O) groups is 1. The fourth-order valence-electron chi connectivity index (χ4n) is 2.24. The Bertz CT molecular complexity index is 323. The SMILES string of the molecule is O=CNC1CC1CCCCc1ccccc1. The van der Waals surface area contributed by atoms with Crippen LogP contribution in [-0.4, -0.2) is 12.5 Å². The summed E-state index contributed by atoms with van der Waals surface area (Å²) in [5.74, 6) is 0.751. The second-order valence-electron chi connectivity index (χ2n) is 4.62. The van der Waals surface area contributed by atoms with Crippen LogP contribution in [0.3, 0.4) is 0 Å². The van der Waals surface area contributed by atoms with E-state index in [9.17, 15) is 4.79 Å². The Kier molecular flexibility index (Phi) is 3.97. The lowest BCUT2D eigenvalue weighted by molar-refractivity contribution is -0.109. The predicted octanol–water partition coefficient (Wildman–Crippen LogP) is 2.53. The third-order valence-electron chi connectivity index (χ3n) is 3.34. The molecule has 2 heteroatoms. The quantitative estimate of drug-likeness (QED) is 0.552. The molecule has 2 rings (SSSR count). The van der Waals surface area contributed by atoms with Crippen molar-refractivity contribution in [3.8, 4) is 0 Å². The molecule has 86 valence electrons. The van der Waals surface area contributed by atoms with E-state index in [1.54, 1.807) is 0 Å². The first-order valence-electron chi connectivity index (χ1n) is 6.14. The number of carbonyl (C=O) groups excluding carboxylic acids is 1. The zero-order valence-electron chi connectivity index (χ0n) is 9.56. The fraction of sp³-hybridized carbons (Fsp3) is 0.500. The minimum absolute atomic E-state index is 0.481. The Morgan fingerprint density at radius 3 is 2.81 bits per heavy atom. The number of rotatable bonds is 7. The Morgan fingerprint density at radius 2 is 2.06 bits per heavy atom. The largest absolute Gasteiger partial charge is 0.356 e. The molecular weight excluding hydrogens is 198 g/mol. The van der Waals surface area contributed by atoms with E-state index in [-0.39, 0.29) is 0 Å². The lowest BCUT2D eigenvalue weighted by atomic mass is 10.1. The Hall–Kier alpha value is -1.31. The molecule has 0 spiro atoms. The monoisotopic (exact) mass is 217 g/mol. The number of nitrogens with one attached hydrogen (secondary N) is 1. The first-order chi connectivity index (χ1) is 7.90. The molecule has 0 aromatic heterocycles. The van der Waals surface area contributed by atoms with Gasteiger partial charge in [-0.05, 0) is 37.2 Å². The van der Waals surface area contributed by atoms with E-state index in [0.717, 1.165) is 12.3 Å². The van der Waals surface area contributed by atoms with Crippen LogP contribution in [0.2, 0.25) is 0 Å². The molecule has 0 bridgehead atoms. The Morgan fingerprint density at radius 1 is 1.25 bits per heavy atom. The van der Waals surface area contributed by atoms with Gasteiger partial charge in [-0.25, -0.2) is 0 Å². The van der Waals surface area contributed by atoms with E-state index >= 15 is 0 Å². The van der Waals surface area contributed by atoms with Crippen LogP contribution in [0.5, 0.6) is 0 Å². The summed E-state index contributed by atoms with van der Waals surface area (Å²) in [7, 11) is 0. The maximum Gasteiger partial charge on any atom is 0.207 e. The van der Waals surface area contributed by atoms with Gasteiger partial charge in [-0.1, -0.05) is 36.8 Å². The van der Waals surface area contributed by atoms with Gasteiger partial charge in [-0.2, -0.15) is 0 Å². The van der Waals surface area contributed by atoms with Crippen LogP contribution in [0, 0.1) is 5.92 Å². The van der Waals surface area contributed by atoms with Gasteiger partial charge in [0.25, 0.3) is 0 Å². The maximum atomic E-state index is 10.2. The molecule has 0 aliphatic heterocycles. The summed E-state index contributed by atoms with van der Waals surface area (Å²) < 4.78 is 0. The van der Waals surface area contributed by atoms with Crippen molar-refractivity contribution in [3.63, 3.8) is 0 Å². The summed E-state index contributed by atoms with van der Waals surface area (Å²) in [6, 6.07) is 11.1. The van der Waals surface area contributed by atoms with Crippen molar-refractivity contribution in [2.24, 2.45) is 5.92 Å². The summed E-state index contributed by atoms with van der Waals surface area (Å²) in [5.41, 5.74) is 1.43. The number of benzene rings is 1. The van der Waals surface area contributed by atoms with E-state index in [1.165, 1.54) is 37.7 Å². The lowest BCUT2D eigenvalue weighted by Crippen LogP contribution is -2.15. The molecule has 0 saturated heterocycles. The molecular formula is C14H19NO. The molecule has 0 radical (unpaired) electrons. The molecule has 0 heterocycles. The van der Waals surface area contributed by atoms with Crippen molar-refractivity contribution in [1.82, 2.24) is 5.32 Å². The highest BCUT2D eigenvalue weighted by atomic mass is 16.1. The second-order valence-corrected chi connectivity index (χ2v) is 4.62. The van der Waals surface area contributed by atoms with Crippen LogP contribution < -0.4 is 5.32 Å². The molecule has 1 fully saturated rings. The van der Waals surface area contributed by atoms with Crippen LogP contribution >= 0.6 is 0 Å². The van der Waals surface area contributed by atoms with Gasteiger partial charge in [0.2, 0.25) is 6.41 Å². The lowest BCUT2D eigenvalue weighted by Gasteiger charge is -2.01. The van der Waals surface area contributed by atoms with Crippen molar-refractivity contribution in [1.29, 1.82) is 0 Å². The van der Waals surface area contributed by atoms with Gasteiger partial charge in [-0.3, -0.25) is 4.79 Å². The van der Waals surface area contributed by atoms with Gasteiger partial charge < -0.3 is 5.32 Å². The highest BCUT2D eigenvalue weighted by Gasteiger charge is 2.35. The zero-order valence-corrected chi connectivity index (χ0v) is 9.56. The number of amides is 1. The average Bonchev–Trinajstić information content (AvgIpc) is 3.05. The van der Waals surface area contributed by atoms with E-state index in [1.807, 2.05) is 0 Å². The molecule has 1 aliphatic carbocycles. The predicted molar refractivity (Wildman–Crippen MR) is 65.1 cm³/mol. The second kappa shape index (κ2) is 5.69. The van der Waals surface area contributed by atoms with Crippen molar-refractivity contribution in [3.05, 3.63) is 35.9 Å². The summed E-state index contributed by atoms with van der Waals surface area (Å²) in [5, 5.41) is 2.85. The van der Waals surface area contributed by atoms with E-state index in [2.05, 4.69) is 35.6 Å². The minimum Gasteiger partial charge on any atom is -0.356 e. The third-order valence-corrected chi connectivity index (χ3v) is 3.34. The van der Waals surface area contributed by atoms with Gasteiger partial charge in [0.05, 0.1) is 0 Å². The smallest absolute Gasteiger partial charge is 0.207 e. The Labute approximate surface area is 97.1 Å². The molecule has 1 aliphatic rings. The van der Waals surface area contributed by atoms with Gasteiger partial charge >= 0.3 is 0 Å². The van der Waals surface area contributed by atoms with Crippen molar-refractivity contribution >= 4 is 6.41 Å². The van der Waals surface area contributed by atoms with E-state index in [4.69, 9.17) is 0 Å². The molecule has 1 amide bonds. The zero-order chi connectivity index (χ0) is 11.2. The van der Waals surface area contributed by atoms with E-state index in [0.29, 0.717) is 6.04 Å². The average molecular weight is 217 g/mol. The molecule has 1 aromatic carbocycles. The van der Waals surface area contributed by atoms with Crippen molar-refractivity contribution in [2.75, 3.05) is 0 Å². The fourth-order valence-corrected chi connectivity index (χ4v) is 2.24. The normalized spacial score (nSPS) is 22.8. The maximum absolute atomic E-state index is 10.2. The van der Waals surface area contributed by atoms with Crippen LogP contribution in [0.15, 0.2) is 30.3 Å². The number of aryl methyl sites for hydroxylation is 1. The third kappa shape index (κ3) is 3.37. The summed E-state index contributed by atoms with van der Waals surface area (Å²) >= 11 is 0. The molecule has 2 unspecified atom stereocenters. The summed E-state index contributed by atoms with van der Waals surface area (Å²) in [6.45, 7) is 0. The van der Waals surface area contributed by atoms with Gasteiger partial charge in [0, 0.05) is 6.04 Å². The van der Waals surface area contributed by atoms with Gasteiger partial charge in [-0.15, -0.1) is 0 Å². The molecule has 2 atom stereocenters. The van der Waals surface area contributed by atoms with Gasteiger partial charge in [0.15, 0.2) is 0 Å². The summed E-state index contributed by atoms with van der Waals surface area (Å²) in [4.78, 5) is 10.2. The number of unbranched alkanes of at least 4 members (excludes halogenated alkanes) is 1. The topological polar surface area (TPSA) is 29.1 Å². The van der Waals surface area contributed by atoms with Crippen molar-refractivity contribution < 1.29 is 4.79 Å². The van der Waals surface area contributed by atoms with E-state index < -0.39 is 0 Å². The Balaban J connectivity index is 1.55. The molecule has 16 heavy (non-hydrogen) atoms. The van der Waals surface area contributed by atoms with Crippen LogP contribution in [0.1, 0.15) is 31.2 Å². The highest BCUT2D eigenvalue weighted by molar-refractivity contribution is 5.47. The van der Waals surface area contributed by atoms with Crippen LogP contribution in [0.25, 0.3) is 0 Å². The minimum atomic E-state index is 0.481.